The maximum absolute atomic E-state index is 13.1. The second kappa shape index (κ2) is 7.88. The molecule has 2 aliphatic heterocycles. The highest BCUT2D eigenvalue weighted by molar-refractivity contribution is 7.91. The predicted molar refractivity (Wildman–Crippen MR) is 110 cm³/mol. The molecule has 2 heterocycles. The Hall–Kier alpha value is -2.25. The summed E-state index contributed by atoms with van der Waals surface area (Å²) >= 11 is 6.24. The number of hydrogen-bond donors (Lipinski definition) is 0. The highest BCUT2D eigenvalue weighted by Crippen LogP contribution is 2.36. The van der Waals surface area contributed by atoms with E-state index in [1.807, 2.05) is 12.1 Å². The molecule has 1 amide bonds. The molecule has 0 saturated carbocycles. The quantitative estimate of drug-likeness (QED) is 0.724. The number of benzene rings is 2. The third-order valence-electron chi connectivity index (χ3n) is 5.39. The lowest BCUT2D eigenvalue weighted by Crippen LogP contribution is -2.51. The highest BCUT2D eigenvalue weighted by atomic mass is 35.5. The van der Waals surface area contributed by atoms with Gasteiger partial charge in [-0.2, -0.15) is 0 Å². The first-order chi connectivity index (χ1) is 13.9. The van der Waals surface area contributed by atoms with Gasteiger partial charge in [0.2, 0.25) is 6.10 Å². The number of rotatable bonds is 2. The Morgan fingerprint density at radius 2 is 1.69 bits per heavy atom. The van der Waals surface area contributed by atoms with Crippen molar-refractivity contribution in [1.29, 1.82) is 0 Å². The predicted octanol–water partition coefficient (Wildman–Crippen LogP) is 3.26. The molecule has 3 atom stereocenters. The van der Waals surface area contributed by atoms with E-state index in [2.05, 4.69) is 0 Å². The highest BCUT2D eigenvalue weighted by Gasteiger charge is 2.40. The number of para-hydroxylation sites is 2. The molecule has 29 heavy (non-hydrogen) atoms. The Morgan fingerprint density at radius 3 is 2.41 bits per heavy atom. The summed E-state index contributed by atoms with van der Waals surface area (Å²) in [6, 6.07) is 14.2. The molecule has 154 valence electrons. The monoisotopic (exact) mass is 435 g/mol. The van der Waals surface area contributed by atoms with Gasteiger partial charge in [0.25, 0.3) is 5.91 Å². The zero-order chi connectivity index (χ0) is 20.6. The van der Waals surface area contributed by atoms with Gasteiger partial charge < -0.3 is 14.4 Å². The first kappa shape index (κ1) is 20.0. The minimum Gasteiger partial charge on any atom is -0.482 e. The van der Waals surface area contributed by atoms with E-state index in [1.54, 1.807) is 48.2 Å². The number of sulfone groups is 1. The average molecular weight is 436 g/mol. The van der Waals surface area contributed by atoms with Gasteiger partial charge in [0.15, 0.2) is 21.3 Å². The molecule has 2 aliphatic rings. The Bertz CT molecular complexity index is 1030. The van der Waals surface area contributed by atoms with Gasteiger partial charge in [0, 0.05) is 18.1 Å². The van der Waals surface area contributed by atoms with Crippen LogP contribution in [-0.2, 0) is 14.6 Å². The second-order valence-corrected chi connectivity index (χ2v) is 10.0. The molecule has 2 aromatic rings. The molecule has 0 unspecified atom stereocenters. The second-order valence-electron chi connectivity index (χ2n) is 7.30. The fourth-order valence-corrected chi connectivity index (χ4v) is 5.97. The van der Waals surface area contributed by atoms with Crippen molar-refractivity contribution in [3.63, 3.8) is 0 Å². The smallest absolute Gasteiger partial charge is 0.267 e. The Morgan fingerprint density at radius 1 is 1.03 bits per heavy atom. The van der Waals surface area contributed by atoms with Crippen molar-refractivity contribution in [3.05, 3.63) is 59.1 Å². The fraction of sp³-hybridized carbons (Fsp3) is 0.381. The van der Waals surface area contributed by atoms with E-state index in [4.69, 9.17) is 21.1 Å². The van der Waals surface area contributed by atoms with Crippen LogP contribution in [0.4, 0.5) is 0 Å². The molecule has 1 saturated heterocycles. The van der Waals surface area contributed by atoms with Gasteiger partial charge in [-0.05, 0) is 37.1 Å². The number of amides is 1. The van der Waals surface area contributed by atoms with Crippen LogP contribution in [0.1, 0.15) is 24.2 Å². The van der Waals surface area contributed by atoms with E-state index in [0.29, 0.717) is 28.6 Å². The van der Waals surface area contributed by atoms with Crippen LogP contribution in [0.15, 0.2) is 48.5 Å². The van der Waals surface area contributed by atoms with Crippen LogP contribution in [-0.4, -0.2) is 50.3 Å². The van der Waals surface area contributed by atoms with Gasteiger partial charge >= 0.3 is 0 Å². The van der Waals surface area contributed by atoms with Gasteiger partial charge in [-0.3, -0.25) is 4.79 Å². The number of fused-ring (bicyclic) bond motifs is 1. The summed E-state index contributed by atoms with van der Waals surface area (Å²) < 4.78 is 37.5. The van der Waals surface area contributed by atoms with Crippen molar-refractivity contribution >= 4 is 27.3 Å². The third kappa shape index (κ3) is 3.94. The van der Waals surface area contributed by atoms with E-state index in [1.165, 1.54) is 0 Å². The zero-order valence-electron chi connectivity index (χ0n) is 16.0. The molecular formula is C21H22ClNO5S. The van der Waals surface area contributed by atoms with E-state index in [9.17, 15) is 13.2 Å². The maximum atomic E-state index is 13.1. The molecular weight excluding hydrogens is 414 g/mol. The van der Waals surface area contributed by atoms with Crippen molar-refractivity contribution in [1.82, 2.24) is 4.90 Å². The van der Waals surface area contributed by atoms with Gasteiger partial charge in [-0.1, -0.05) is 41.9 Å². The molecule has 0 aromatic heterocycles. The van der Waals surface area contributed by atoms with E-state index < -0.39 is 27.3 Å². The summed E-state index contributed by atoms with van der Waals surface area (Å²) in [6.45, 7) is 2.21. The molecule has 2 aromatic carbocycles. The number of ether oxygens (including phenoxy) is 2. The summed E-state index contributed by atoms with van der Waals surface area (Å²) in [7, 11) is -3.45. The Labute approximate surface area is 175 Å². The van der Waals surface area contributed by atoms with Gasteiger partial charge in [0.1, 0.15) is 6.10 Å². The number of halogens is 1. The number of carbonyl (C=O) groups is 1. The standard InChI is InChI=1S/C21H22ClNO5S/c1-14-20(28-18-9-5-4-8-17(18)27-14)21(24)23-11-10-19(29(25,26)13-12-23)15-6-2-3-7-16(15)22/h2-9,14,19-20H,10-13H2,1H3/t14-,19+,20-/m0/s1. The summed E-state index contributed by atoms with van der Waals surface area (Å²) in [5, 5.41) is -0.300. The lowest BCUT2D eigenvalue weighted by molar-refractivity contribution is -0.144. The largest absolute Gasteiger partial charge is 0.482 e. The topological polar surface area (TPSA) is 72.9 Å². The van der Waals surface area contributed by atoms with Crippen LogP contribution in [0.2, 0.25) is 5.02 Å². The minimum atomic E-state index is -3.45. The van der Waals surface area contributed by atoms with Crippen LogP contribution in [0.25, 0.3) is 0 Å². The number of hydrogen-bond acceptors (Lipinski definition) is 5. The van der Waals surface area contributed by atoms with Crippen molar-refractivity contribution in [2.45, 2.75) is 30.8 Å². The number of nitrogens with zero attached hydrogens (tertiary/aromatic N) is 1. The van der Waals surface area contributed by atoms with Crippen LogP contribution in [0.3, 0.4) is 0 Å². The minimum absolute atomic E-state index is 0.118. The molecule has 0 aliphatic carbocycles. The van der Waals surface area contributed by atoms with Gasteiger partial charge in [0.05, 0.1) is 11.0 Å². The SMILES string of the molecule is C[C@@H]1Oc2ccccc2O[C@@H]1C(=O)N1CC[C@H](c2ccccc2Cl)S(=O)(=O)CC1. The van der Waals surface area contributed by atoms with Gasteiger partial charge in [-0.15, -0.1) is 0 Å². The molecule has 6 nitrogen and oxygen atoms in total. The lowest BCUT2D eigenvalue weighted by Gasteiger charge is -2.34. The molecule has 0 spiro atoms. The molecule has 0 bridgehead atoms. The van der Waals surface area contributed by atoms with Crippen LogP contribution < -0.4 is 9.47 Å². The van der Waals surface area contributed by atoms with Crippen molar-refractivity contribution in [2.24, 2.45) is 0 Å². The van der Waals surface area contributed by atoms with E-state index >= 15 is 0 Å². The summed E-state index contributed by atoms with van der Waals surface area (Å²) in [4.78, 5) is 14.7. The van der Waals surface area contributed by atoms with Crippen LogP contribution in [0.5, 0.6) is 11.5 Å². The van der Waals surface area contributed by atoms with E-state index in [-0.39, 0.29) is 24.6 Å². The summed E-state index contributed by atoms with van der Waals surface area (Å²) in [5.74, 6) is 0.733. The van der Waals surface area contributed by atoms with Crippen molar-refractivity contribution in [2.75, 3.05) is 18.8 Å². The van der Waals surface area contributed by atoms with Crippen LogP contribution >= 0.6 is 11.6 Å². The third-order valence-corrected chi connectivity index (χ3v) is 7.84. The van der Waals surface area contributed by atoms with Crippen LogP contribution in [0, 0.1) is 0 Å². The Kier molecular flexibility index (Phi) is 5.44. The molecule has 8 heteroatoms. The first-order valence-electron chi connectivity index (χ1n) is 9.54. The summed E-state index contributed by atoms with van der Waals surface area (Å²) in [5.41, 5.74) is 0.586. The Balaban J connectivity index is 1.54. The summed E-state index contributed by atoms with van der Waals surface area (Å²) in [6.07, 6.45) is -1.00. The zero-order valence-corrected chi connectivity index (χ0v) is 17.5. The molecule has 4 rings (SSSR count). The molecule has 0 radical (unpaired) electrons. The fourth-order valence-electron chi connectivity index (χ4n) is 3.82. The first-order valence-corrected chi connectivity index (χ1v) is 11.6. The van der Waals surface area contributed by atoms with E-state index in [0.717, 1.165) is 0 Å². The van der Waals surface area contributed by atoms with Crippen molar-refractivity contribution in [3.8, 4) is 11.5 Å². The lowest BCUT2D eigenvalue weighted by atomic mass is 10.1. The number of carbonyl (C=O) groups excluding carboxylic acids is 1. The van der Waals surface area contributed by atoms with Gasteiger partial charge in [-0.25, -0.2) is 8.42 Å². The molecule has 0 N–H and O–H groups in total. The average Bonchev–Trinajstić information content (AvgIpc) is 2.85. The molecule has 1 fully saturated rings. The normalized spacial score (nSPS) is 25.9. The van der Waals surface area contributed by atoms with Crippen molar-refractivity contribution < 1.29 is 22.7 Å². The maximum Gasteiger partial charge on any atom is 0.267 e.